The molecule has 1 aliphatic carbocycles. The summed E-state index contributed by atoms with van der Waals surface area (Å²) >= 11 is 3.41. The van der Waals surface area contributed by atoms with Crippen molar-refractivity contribution in [2.75, 3.05) is 0 Å². The van der Waals surface area contributed by atoms with Crippen LogP contribution in [-0.2, 0) is 0 Å². The van der Waals surface area contributed by atoms with Gasteiger partial charge in [-0.05, 0) is 62.8 Å². The molecule has 1 N–H and O–H groups in total. The van der Waals surface area contributed by atoms with Gasteiger partial charge < -0.3 is 5.32 Å². The number of amides is 1. The zero-order valence-electron chi connectivity index (χ0n) is 12.1. The van der Waals surface area contributed by atoms with Gasteiger partial charge in [0, 0.05) is 34.2 Å². The Kier molecular flexibility index (Phi) is 3.54. The number of fused-ring (bicyclic) bond motifs is 2. The fraction of sp³-hybridized carbons (Fsp3) is 0.588. The Hall–Kier alpha value is -0.870. The van der Waals surface area contributed by atoms with Crippen LogP contribution in [0.1, 0.15) is 48.9 Å². The maximum Gasteiger partial charge on any atom is 0.251 e. The van der Waals surface area contributed by atoms with E-state index >= 15 is 0 Å². The highest BCUT2D eigenvalue weighted by molar-refractivity contribution is 9.10. The molecule has 4 heteroatoms. The third-order valence-electron chi connectivity index (χ3n) is 5.20. The zero-order valence-corrected chi connectivity index (χ0v) is 13.7. The van der Waals surface area contributed by atoms with E-state index in [1.54, 1.807) is 0 Å². The zero-order chi connectivity index (χ0) is 14.4. The lowest BCUT2D eigenvalue weighted by Gasteiger charge is -2.39. The van der Waals surface area contributed by atoms with E-state index in [-0.39, 0.29) is 5.91 Å². The van der Waals surface area contributed by atoms with Crippen molar-refractivity contribution in [3.63, 3.8) is 0 Å². The maximum atomic E-state index is 12.3. The fourth-order valence-electron chi connectivity index (χ4n) is 4.17. The fourth-order valence-corrected chi connectivity index (χ4v) is 4.43. The maximum absolute atomic E-state index is 12.3. The van der Waals surface area contributed by atoms with Crippen molar-refractivity contribution in [2.45, 2.75) is 62.7 Å². The van der Waals surface area contributed by atoms with Crippen molar-refractivity contribution < 1.29 is 4.79 Å². The van der Waals surface area contributed by atoms with Crippen molar-refractivity contribution >= 4 is 21.8 Å². The number of halogens is 1. The average molecular weight is 349 g/mol. The molecule has 2 bridgehead atoms. The number of nitrogens with zero attached hydrogens (tertiary/aromatic N) is 1. The van der Waals surface area contributed by atoms with E-state index in [0.717, 1.165) is 28.9 Å². The SMILES string of the molecule is O=C(NC1C[C@H]2CC[C@H](C1)N2C1CC1)c1ccc(Br)cc1. The monoisotopic (exact) mass is 348 g/mol. The number of nitrogens with one attached hydrogen (secondary N) is 1. The Morgan fingerprint density at radius 3 is 2.14 bits per heavy atom. The van der Waals surface area contributed by atoms with Crippen molar-refractivity contribution in [1.29, 1.82) is 0 Å². The number of hydrogen-bond acceptors (Lipinski definition) is 2. The Bertz CT molecular complexity index is 526. The molecule has 2 saturated heterocycles. The summed E-state index contributed by atoms with van der Waals surface area (Å²) in [6.45, 7) is 0. The summed E-state index contributed by atoms with van der Waals surface area (Å²) in [6, 6.07) is 10.3. The predicted octanol–water partition coefficient (Wildman–Crippen LogP) is 3.34. The van der Waals surface area contributed by atoms with Gasteiger partial charge in [0.15, 0.2) is 0 Å². The molecule has 1 aromatic rings. The Morgan fingerprint density at radius 2 is 1.57 bits per heavy atom. The first-order chi connectivity index (χ1) is 10.2. The third kappa shape index (κ3) is 2.76. The van der Waals surface area contributed by atoms with Gasteiger partial charge in [0.05, 0.1) is 0 Å². The molecule has 4 rings (SSSR count). The molecule has 3 fully saturated rings. The summed E-state index contributed by atoms with van der Waals surface area (Å²) in [5.74, 6) is 0.0757. The van der Waals surface area contributed by atoms with E-state index in [0.29, 0.717) is 18.1 Å². The number of carbonyl (C=O) groups is 1. The van der Waals surface area contributed by atoms with Crippen LogP contribution in [0.3, 0.4) is 0 Å². The molecule has 0 aromatic heterocycles. The van der Waals surface area contributed by atoms with Gasteiger partial charge in [-0.1, -0.05) is 15.9 Å². The van der Waals surface area contributed by atoms with E-state index in [1.807, 2.05) is 24.3 Å². The van der Waals surface area contributed by atoms with Crippen LogP contribution < -0.4 is 5.32 Å². The molecule has 0 unspecified atom stereocenters. The van der Waals surface area contributed by atoms with E-state index in [1.165, 1.54) is 25.7 Å². The quantitative estimate of drug-likeness (QED) is 0.908. The van der Waals surface area contributed by atoms with Gasteiger partial charge in [0.2, 0.25) is 0 Å². The van der Waals surface area contributed by atoms with Crippen molar-refractivity contribution in [3.05, 3.63) is 34.3 Å². The van der Waals surface area contributed by atoms with Crippen LogP contribution in [0, 0.1) is 0 Å². The summed E-state index contributed by atoms with van der Waals surface area (Å²) in [7, 11) is 0. The number of carbonyl (C=O) groups excluding carboxylic acids is 1. The number of benzene rings is 1. The Morgan fingerprint density at radius 1 is 1.00 bits per heavy atom. The molecule has 112 valence electrons. The molecular weight excluding hydrogens is 328 g/mol. The highest BCUT2D eigenvalue weighted by Gasteiger charge is 2.47. The van der Waals surface area contributed by atoms with E-state index in [4.69, 9.17) is 0 Å². The molecule has 1 aromatic carbocycles. The van der Waals surface area contributed by atoms with Crippen LogP contribution in [0.4, 0.5) is 0 Å². The largest absolute Gasteiger partial charge is 0.349 e. The van der Waals surface area contributed by atoms with E-state index < -0.39 is 0 Å². The first-order valence-corrected chi connectivity index (χ1v) is 8.84. The molecule has 3 aliphatic rings. The number of piperidine rings is 1. The molecule has 3 nitrogen and oxygen atoms in total. The van der Waals surface area contributed by atoms with Crippen LogP contribution in [0.15, 0.2) is 28.7 Å². The van der Waals surface area contributed by atoms with Crippen LogP contribution in [0.5, 0.6) is 0 Å². The minimum atomic E-state index is 0.0757. The van der Waals surface area contributed by atoms with E-state index in [9.17, 15) is 4.79 Å². The number of hydrogen-bond donors (Lipinski definition) is 1. The van der Waals surface area contributed by atoms with Crippen LogP contribution in [0.25, 0.3) is 0 Å². The summed E-state index contributed by atoms with van der Waals surface area (Å²) in [4.78, 5) is 15.1. The first kappa shape index (κ1) is 13.8. The van der Waals surface area contributed by atoms with Gasteiger partial charge in [-0.3, -0.25) is 9.69 Å². The second kappa shape index (κ2) is 5.40. The van der Waals surface area contributed by atoms with Crippen LogP contribution >= 0.6 is 15.9 Å². The summed E-state index contributed by atoms with van der Waals surface area (Å²) in [5, 5.41) is 3.25. The molecule has 0 radical (unpaired) electrons. The second-order valence-corrected chi connectivity index (χ2v) is 7.63. The molecule has 0 spiro atoms. The van der Waals surface area contributed by atoms with Crippen molar-refractivity contribution in [3.8, 4) is 0 Å². The minimum absolute atomic E-state index is 0.0757. The van der Waals surface area contributed by atoms with Crippen LogP contribution in [0.2, 0.25) is 0 Å². The van der Waals surface area contributed by atoms with Gasteiger partial charge in [0.25, 0.3) is 5.91 Å². The third-order valence-corrected chi connectivity index (χ3v) is 5.73. The lowest BCUT2D eigenvalue weighted by atomic mass is 9.96. The van der Waals surface area contributed by atoms with Gasteiger partial charge in [-0.15, -0.1) is 0 Å². The van der Waals surface area contributed by atoms with Crippen LogP contribution in [-0.4, -0.2) is 35.0 Å². The topological polar surface area (TPSA) is 32.3 Å². The highest BCUT2D eigenvalue weighted by Crippen LogP contribution is 2.43. The molecule has 21 heavy (non-hydrogen) atoms. The molecule has 1 amide bonds. The Balaban J connectivity index is 1.40. The van der Waals surface area contributed by atoms with Gasteiger partial charge >= 0.3 is 0 Å². The van der Waals surface area contributed by atoms with Crippen molar-refractivity contribution in [2.24, 2.45) is 0 Å². The summed E-state index contributed by atoms with van der Waals surface area (Å²) in [5.41, 5.74) is 0.759. The summed E-state index contributed by atoms with van der Waals surface area (Å²) < 4.78 is 1.01. The minimum Gasteiger partial charge on any atom is -0.349 e. The normalized spacial score (nSPS) is 32.1. The summed E-state index contributed by atoms with van der Waals surface area (Å²) in [6.07, 6.45) is 7.70. The lowest BCUT2D eigenvalue weighted by Crippen LogP contribution is -2.51. The number of rotatable bonds is 3. The Labute approximate surface area is 134 Å². The standard InChI is InChI=1S/C17H21BrN2O/c18-12-3-1-11(2-4-12)17(21)19-13-9-15-7-8-16(10-13)20(15)14-5-6-14/h1-4,13-16H,5-10H2,(H,19,21)/t15-,16-/m1/s1. The average Bonchev–Trinajstić information content (AvgIpc) is 3.27. The molecule has 2 atom stereocenters. The molecule has 1 saturated carbocycles. The smallest absolute Gasteiger partial charge is 0.251 e. The van der Waals surface area contributed by atoms with Crippen molar-refractivity contribution in [1.82, 2.24) is 10.2 Å². The first-order valence-electron chi connectivity index (χ1n) is 8.04. The van der Waals surface area contributed by atoms with E-state index in [2.05, 4.69) is 26.1 Å². The van der Waals surface area contributed by atoms with Gasteiger partial charge in [-0.2, -0.15) is 0 Å². The molecule has 2 heterocycles. The highest BCUT2D eigenvalue weighted by atomic mass is 79.9. The van der Waals surface area contributed by atoms with Gasteiger partial charge in [0.1, 0.15) is 0 Å². The predicted molar refractivity (Wildman–Crippen MR) is 86.3 cm³/mol. The molecule has 2 aliphatic heterocycles. The van der Waals surface area contributed by atoms with Gasteiger partial charge in [-0.25, -0.2) is 0 Å². The lowest BCUT2D eigenvalue weighted by molar-refractivity contribution is 0.0827. The molecular formula is C17H21BrN2O. The second-order valence-electron chi connectivity index (χ2n) is 6.71.